The van der Waals surface area contributed by atoms with Gasteiger partial charge in [-0.25, -0.2) is 4.79 Å². The predicted molar refractivity (Wildman–Crippen MR) is 75.4 cm³/mol. The number of carboxylic acid groups (broad SMARTS) is 1. The third-order valence-corrected chi connectivity index (χ3v) is 3.29. The molecule has 1 amide bonds. The zero-order valence-electron chi connectivity index (χ0n) is 12.6. The second kappa shape index (κ2) is 6.54. The van der Waals surface area contributed by atoms with Crippen LogP contribution in [0.1, 0.15) is 44.5 Å². The number of carbonyl (C=O) groups is 2. The molecule has 0 fully saturated rings. The summed E-state index contributed by atoms with van der Waals surface area (Å²) >= 11 is 0. The monoisotopic (exact) mass is 281 g/mol. The van der Waals surface area contributed by atoms with Gasteiger partial charge in [-0.1, -0.05) is 13.3 Å². The van der Waals surface area contributed by atoms with Gasteiger partial charge in [-0.15, -0.1) is 0 Å². The normalized spacial score (nSPS) is 13.8. The first kappa shape index (κ1) is 16.2. The molecule has 1 rings (SSSR count). The van der Waals surface area contributed by atoms with Crippen molar-refractivity contribution in [2.24, 2.45) is 0 Å². The van der Waals surface area contributed by atoms with Crippen molar-refractivity contribution in [2.45, 2.75) is 59.0 Å². The molecular formula is C14H23N3O3. The van der Waals surface area contributed by atoms with Crippen molar-refractivity contribution >= 4 is 11.9 Å². The Morgan fingerprint density at radius 1 is 1.45 bits per heavy atom. The predicted octanol–water partition coefficient (Wildman–Crippen LogP) is 1.65. The highest BCUT2D eigenvalue weighted by molar-refractivity contribution is 5.86. The number of carbonyl (C=O) groups excluding carboxylic acids is 1. The van der Waals surface area contributed by atoms with E-state index in [0.29, 0.717) is 19.4 Å². The maximum absolute atomic E-state index is 11.9. The first-order chi connectivity index (χ1) is 9.28. The van der Waals surface area contributed by atoms with E-state index >= 15 is 0 Å². The van der Waals surface area contributed by atoms with E-state index in [-0.39, 0.29) is 12.3 Å². The van der Waals surface area contributed by atoms with E-state index in [1.807, 2.05) is 26.8 Å². The van der Waals surface area contributed by atoms with E-state index in [4.69, 9.17) is 0 Å². The molecule has 1 aromatic rings. The van der Waals surface area contributed by atoms with Gasteiger partial charge in [0.05, 0.1) is 5.69 Å². The molecule has 0 aliphatic carbocycles. The van der Waals surface area contributed by atoms with E-state index in [9.17, 15) is 14.7 Å². The van der Waals surface area contributed by atoms with Gasteiger partial charge in [0.15, 0.2) is 0 Å². The van der Waals surface area contributed by atoms with Crippen LogP contribution in [0.2, 0.25) is 0 Å². The minimum atomic E-state index is -1.19. The van der Waals surface area contributed by atoms with Crippen LogP contribution < -0.4 is 5.32 Å². The molecule has 0 aromatic carbocycles. The molecule has 6 nitrogen and oxygen atoms in total. The summed E-state index contributed by atoms with van der Waals surface area (Å²) in [5.74, 6) is -1.27. The number of hydrogen-bond donors (Lipinski definition) is 2. The van der Waals surface area contributed by atoms with Gasteiger partial charge < -0.3 is 10.4 Å². The molecule has 112 valence electrons. The molecule has 0 aliphatic rings. The average molecular weight is 281 g/mol. The lowest BCUT2D eigenvalue weighted by Gasteiger charge is -2.25. The number of aryl methyl sites for hydroxylation is 3. The lowest BCUT2D eigenvalue weighted by molar-refractivity contribution is -0.147. The first-order valence-electron chi connectivity index (χ1n) is 6.84. The van der Waals surface area contributed by atoms with Gasteiger partial charge in [-0.3, -0.25) is 9.48 Å². The summed E-state index contributed by atoms with van der Waals surface area (Å²) in [6.07, 6.45) is 1.32. The Kier molecular flexibility index (Phi) is 5.30. The topological polar surface area (TPSA) is 84.2 Å². The van der Waals surface area contributed by atoms with Crippen LogP contribution in [0.15, 0.2) is 6.07 Å². The third-order valence-electron chi connectivity index (χ3n) is 3.29. The van der Waals surface area contributed by atoms with Gasteiger partial charge >= 0.3 is 5.97 Å². The van der Waals surface area contributed by atoms with Crippen LogP contribution in [0, 0.1) is 13.8 Å². The number of nitrogens with zero attached hydrogens (tertiary/aromatic N) is 2. The summed E-state index contributed by atoms with van der Waals surface area (Å²) < 4.78 is 1.76. The fraction of sp³-hybridized carbons (Fsp3) is 0.643. The number of aliphatic carboxylic acids is 1. The number of hydrogen-bond acceptors (Lipinski definition) is 3. The van der Waals surface area contributed by atoms with Crippen molar-refractivity contribution in [2.75, 3.05) is 0 Å². The fourth-order valence-electron chi connectivity index (χ4n) is 2.20. The standard InChI is InChI=1S/C14H23N3O3/c1-5-7-14(4,13(19)20)15-12(18)6-8-17-11(3)9-10(2)16-17/h9H,5-8H2,1-4H3,(H,15,18)(H,19,20). The highest BCUT2D eigenvalue weighted by atomic mass is 16.4. The minimum absolute atomic E-state index is 0.217. The molecule has 0 bridgehead atoms. The molecule has 0 saturated carbocycles. The number of nitrogens with one attached hydrogen (secondary N) is 1. The largest absolute Gasteiger partial charge is 0.480 e. The smallest absolute Gasteiger partial charge is 0.329 e. The Balaban J connectivity index is 2.59. The molecule has 6 heteroatoms. The van der Waals surface area contributed by atoms with Crippen LogP contribution in [0.25, 0.3) is 0 Å². The zero-order chi connectivity index (χ0) is 15.3. The lowest BCUT2D eigenvalue weighted by atomic mass is 9.96. The molecule has 1 heterocycles. The van der Waals surface area contributed by atoms with E-state index < -0.39 is 11.5 Å². The fourth-order valence-corrected chi connectivity index (χ4v) is 2.20. The van der Waals surface area contributed by atoms with Gasteiger partial charge in [0.25, 0.3) is 0 Å². The molecule has 1 aromatic heterocycles. The van der Waals surface area contributed by atoms with Crippen molar-refractivity contribution in [3.05, 3.63) is 17.5 Å². The quantitative estimate of drug-likeness (QED) is 0.796. The molecule has 0 spiro atoms. The van der Waals surface area contributed by atoms with Crippen LogP contribution >= 0.6 is 0 Å². The Bertz CT molecular complexity index is 496. The zero-order valence-corrected chi connectivity index (χ0v) is 12.6. The van der Waals surface area contributed by atoms with Crippen molar-refractivity contribution in [1.82, 2.24) is 15.1 Å². The maximum atomic E-state index is 11.9. The van der Waals surface area contributed by atoms with E-state index in [0.717, 1.165) is 11.4 Å². The number of aromatic nitrogens is 2. The number of carboxylic acids is 1. The molecular weight excluding hydrogens is 258 g/mol. The van der Waals surface area contributed by atoms with E-state index in [1.54, 1.807) is 11.6 Å². The van der Waals surface area contributed by atoms with Crippen molar-refractivity contribution in [3.8, 4) is 0 Å². The van der Waals surface area contributed by atoms with Crippen LogP contribution in [0.4, 0.5) is 0 Å². The van der Waals surface area contributed by atoms with Crippen LogP contribution in [-0.2, 0) is 16.1 Å². The minimum Gasteiger partial charge on any atom is -0.480 e. The summed E-state index contributed by atoms with van der Waals surface area (Å²) in [6, 6.07) is 1.94. The van der Waals surface area contributed by atoms with Gasteiger partial charge in [0.2, 0.25) is 5.91 Å². The second-order valence-electron chi connectivity index (χ2n) is 5.34. The molecule has 0 radical (unpaired) electrons. The number of rotatable bonds is 7. The third kappa shape index (κ3) is 4.08. The Morgan fingerprint density at radius 3 is 2.55 bits per heavy atom. The highest BCUT2D eigenvalue weighted by Crippen LogP contribution is 2.13. The second-order valence-corrected chi connectivity index (χ2v) is 5.34. The summed E-state index contributed by atoms with van der Waals surface area (Å²) in [4.78, 5) is 23.2. The molecule has 2 N–H and O–H groups in total. The van der Waals surface area contributed by atoms with Gasteiger partial charge in [0, 0.05) is 18.7 Å². The maximum Gasteiger partial charge on any atom is 0.329 e. The molecule has 0 aliphatic heterocycles. The Labute approximate surface area is 119 Å². The molecule has 20 heavy (non-hydrogen) atoms. The van der Waals surface area contributed by atoms with Crippen molar-refractivity contribution in [3.63, 3.8) is 0 Å². The average Bonchev–Trinajstić information content (AvgIpc) is 2.65. The molecule has 0 saturated heterocycles. The summed E-state index contributed by atoms with van der Waals surface area (Å²) in [5, 5.41) is 16.1. The van der Waals surface area contributed by atoms with Crippen LogP contribution in [0.5, 0.6) is 0 Å². The van der Waals surface area contributed by atoms with Crippen LogP contribution in [0.3, 0.4) is 0 Å². The van der Waals surface area contributed by atoms with E-state index in [1.165, 1.54) is 0 Å². The van der Waals surface area contributed by atoms with E-state index in [2.05, 4.69) is 10.4 Å². The molecule has 1 unspecified atom stereocenters. The Hall–Kier alpha value is -1.85. The SMILES string of the molecule is CCCC(C)(NC(=O)CCn1nc(C)cc1C)C(=O)O. The molecule has 1 atom stereocenters. The van der Waals surface area contributed by atoms with Gasteiger partial charge in [-0.05, 0) is 33.3 Å². The van der Waals surface area contributed by atoms with Crippen molar-refractivity contribution in [1.29, 1.82) is 0 Å². The summed E-state index contributed by atoms with van der Waals surface area (Å²) in [6.45, 7) is 7.71. The number of amides is 1. The first-order valence-corrected chi connectivity index (χ1v) is 6.84. The van der Waals surface area contributed by atoms with Crippen LogP contribution in [-0.4, -0.2) is 32.3 Å². The summed E-state index contributed by atoms with van der Waals surface area (Å²) in [7, 11) is 0. The highest BCUT2D eigenvalue weighted by Gasteiger charge is 2.33. The van der Waals surface area contributed by atoms with Gasteiger partial charge in [0.1, 0.15) is 5.54 Å². The van der Waals surface area contributed by atoms with Crippen molar-refractivity contribution < 1.29 is 14.7 Å². The summed E-state index contributed by atoms with van der Waals surface area (Å²) in [5.41, 5.74) is 0.704. The Morgan fingerprint density at radius 2 is 2.10 bits per heavy atom. The lowest BCUT2D eigenvalue weighted by Crippen LogP contribution is -2.52. The van der Waals surface area contributed by atoms with Gasteiger partial charge in [-0.2, -0.15) is 5.10 Å².